The Labute approximate surface area is 108 Å². The number of amides is 1. The predicted molar refractivity (Wildman–Crippen MR) is 71.0 cm³/mol. The Balaban J connectivity index is 2.04. The maximum Gasteiger partial charge on any atom is 0.410 e. The van der Waals surface area contributed by atoms with E-state index in [0.29, 0.717) is 12.6 Å². The van der Waals surface area contributed by atoms with E-state index in [1.807, 2.05) is 38.1 Å². The average molecular weight is 248 g/mol. The second-order valence-electron chi connectivity index (χ2n) is 5.04. The Kier molecular flexibility index (Phi) is 3.75. The molecule has 2 N–H and O–H groups in total. The summed E-state index contributed by atoms with van der Waals surface area (Å²) in [6.45, 7) is 4.30. The molecule has 1 aliphatic carbocycles. The summed E-state index contributed by atoms with van der Waals surface area (Å²) in [6, 6.07) is 7.96. The molecule has 2 rings (SSSR count). The van der Waals surface area contributed by atoms with Gasteiger partial charge in [0.05, 0.1) is 6.10 Å². The zero-order valence-corrected chi connectivity index (χ0v) is 10.9. The second kappa shape index (κ2) is 5.29. The molecule has 0 heterocycles. The van der Waals surface area contributed by atoms with E-state index in [9.17, 15) is 4.79 Å². The first-order valence-corrected chi connectivity index (χ1v) is 6.38. The van der Waals surface area contributed by atoms with Gasteiger partial charge >= 0.3 is 6.09 Å². The van der Waals surface area contributed by atoms with Crippen molar-refractivity contribution in [2.45, 2.75) is 45.4 Å². The molecule has 0 bridgehead atoms. The van der Waals surface area contributed by atoms with Gasteiger partial charge in [0.1, 0.15) is 0 Å². The molecule has 4 nitrogen and oxygen atoms in total. The third-order valence-corrected chi connectivity index (χ3v) is 2.86. The summed E-state index contributed by atoms with van der Waals surface area (Å²) in [6.07, 6.45) is 1.82. The van der Waals surface area contributed by atoms with Crippen molar-refractivity contribution in [3.05, 3.63) is 29.8 Å². The molecule has 0 aliphatic heterocycles. The zero-order chi connectivity index (χ0) is 13.1. The monoisotopic (exact) mass is 248 g/mol. The predicted octanol–water partition coefficient (Wildman–Crippen LogP) is 2.78. The maximum atomic E-state index is 12.0. The number of rotatable bonds is 4. The van der Waals surface area contributed by atoms with Crippen LogP contribution in [0, 0.1) is 0 Å². The SMILES string of the molecule is CC(C)OC(=O)N(Cc1cccc(N)c1)C1CC1. The maximum absolute atomic E-state index is 12.0. The van der Waals surface area contributed by atoms with Crippen LogP contribution >= 0.6 is 0 Å². The summed E-state index contributed by atoms with van der Waals surface area (Å²) in [5, 5.41) is 0. The van der Waals surface area contributed by atoms with E-state index in [-0.39, 0.29) is 12.2 Å². The molecule has 0 aromatic heterocycles. The van der Waals surface area contributed by atoms with Crippen molar-refractivity contribution >= 4 is 11.8 Å². The number of carbonyl (C=O) groups excluding carboxylic acids is 1. The van der Waals surface area contributed by atoms with Crippen molar-refractivity contribution < 1.29 is 9.53 Å². The Morgan fingerprint density at radius 2 is 2.22 bits per heavy atom. The summed E-state index contributed by atoms with van der Waals surface area (Å²) in [7, 11) is 0. The van der Waals surface area contributed by atoms with Crippen LogP contribution in [0.1, 0.15) is 32.3 Å². The molecule has 0 atom stereocenters. The van der Waals surface area contributed by atoms with Gasteiger partial charge in [0.2, 0.25) is 0 Å². The van der Waals surface area contributed by atoms with E-state index in [1.165, 1.54) is 0 Å². The molecule has 1 aromatic rings. The molecule has 0 saturated heterocycles. The van der Waals surface area contributed by atoms with E-state index in [2.05, 4.69) is 0 Å². The first-order chi connectivity index (χ1) is 8.56. The van der Waals surface area contributed by atoms with Crippen LogP contribution in [0.25, 0.3) is 0 Å². The average Bonchev–Trinajstić information content (AvgIpc) is 3.08. The molecular formula is C14H20N2O2. The van der Waals surface area contributed by atoms with Gasteiger partial charge in [-0.1, -0.05) is 12.1 Å². The van der Waals surface area contributed by atoms with Gasteiger partial charge in [-0.25, -0.2) is 4.79 Å². The highest BCUT2D eigenvalue weighted by Crippen LogP contribution is 2.29. The van der Waals surface area contributed by atoms with Crippen LogP contribution in [-0.2, 0) is 11.3 Å². The fourth-order valence-corrected chi connectivity index (χ4v) is 1.89. The summed E-state index contributed by atoms with van der Waals surface area (Å²) < 4.78 is 5.27. The van der Waals surface area contributed by atoms with Crippen LogP contribution in [0.3, 0.4) is 0 Å². The van der Waals surface area contributed by atoms with Crippen LogP contribution < -0.4 is 5.73 Å². The summed E-state index contributed by atoms with van der Waals surface area (Å²) >= 11 is 0. The molecule has 1 aromatic carbocycles. The second-order valence-corrected chi connectivity index (χ2v) is 5.04. The summed E-state index contributed by atoms with van der Waals surface area (Å²) in [5.41, 5.74) is 7.51. The lowest BCUT2D eigenvalue weighted by molar-refractivity contribution is 0.0721. The molecule has 98 valence electrons. The highest BCUT2D eigenvalue weighted by Gasteiger charge is 2.33. The number of hydrogen-bond donors (Lipinski definition) is 1. The zero-order valence-electron chi connectivity index (χ0n) is 10.9. The molecule has 1 saturated carbocycles. The third-order valence-electron chi connectivity index (χ3n) is 2.86. The fourth-order valence-electron chi connectivity index (χ4n) is 1.89. The molecule has 1 amide bonds. The smallest absolute Gasteiger partial charge is 0.410 e. The van der Waals surface area contributed by atoms with Gasteiger partial charge in [0.25, 0.3) is 0 Å². The van der Waals surface area contributed by atoms with Crippen molar-refractivity contribution in [1.82, 2.24) is 4.90 Å². The number of nitrogens with two attached hydrogens (primary N) is 1. The standard InChI is InChI=1S/C14H20N2O2/c1-10(2)18-14(17)16(13-6-7-13)9-11-4-3-5-12(15)8-11/h3-5,8,10,13H,6-7,9,15H2,1-2H3. The van der Waals surface area contributed by atoms with Gasteiger partial charge in [-0.3, -0.25) is 0 Å². The number of ether oxygens (including phenoxy) is 1. The van der Waals surface area contributed by atoms with E-state index < -0.39 is 0 Å². The van der Waals surface area contributed by atoms with Crippen LogP contribution in [0.15, 0.2) is 24.3 Å². The lowest BCUT2D eigenvalue weighted by Crippen LogP contribution is -2.34. The van der Waals surface area contributed by atoms with Crippen molar-refractivity contribution in [2.24, 2.45) is 0 Å². The number of hydrogen-bond acceptors (Lipinski definition) is 3. The van der Waals surface area contributed by atoms with Gasteiger partial charge in [-0.05, 0) is 44.4 Å². The Bertz CT molecular complexity index is 428. The highest BCUT2D eigenvalue weighted by molar-refractivity contribution is 5.68. The minimum absolute atomic E-state index is 0.0837. The molecule has 18 heavy (non-hydrogen) atoms. The normalized spacial score (nSPS) is 14.6. The Hall–Kier alpha value is -1.71. The third kappa shape index (κ3) is 3.39. The number of nitrogen functional groups attached to an aromatic ring is 1. The Morgan fingerprint density at radius 3 is 2.78 bits per heavy atom. The molecular weight excluding hydrogens is 228 g/mol. The first kappa shape index (κ1) is 12.7. The Morgan fingerprint density at radius 1 is 1.50 bits per heavy atom. The number of carbonyl (C=O) groups is 1. The van der Waals surface area contributed by atoms with Gasteiger partial charge in [-0.2, -0.15) is 0 Å². The van der Waals surface area contributed by atoms with Gasteiger partial charge < -0.3 is 15.4 Å². The molecule has 0 spiro atoms. The van der Waals surface area contributed by atoms with Gasteiger partial charge in [-0.15, -0.1) is 0 Å². The molecule has 0 radical (unpaired) electrons. The lowest BCUT2D eigenvalue weighted by atomic mass is 10.2. The highest BCUT2D eigenvalue weighted by atomic mass is 16.6. The molecule has 4 heteroatoms. The fraction of sp³-hybridized carbons (Fsp3) is 0.500. The minimum atomic E-state index is -0.227. The minimum Gasteiger partial charge on any atom is -0.447 e. The van der Waals surface area contributed by atoms with Crippen molar-refractivity contribution in [3.8, 4) is 0 Å². The topological polar surface area (TPSA) is 55.6 Å². The van der Waals surface area contributed by atoms with Crippen molar-refractivity contribution in [2.75, 3.05) is 5.73 Å². The first-order valence-electron chi connectivity index (χ1n) is 6.38. The van der Waals surface area contributed by atoms with E-state index >= 15 is 0 Å². The van der Waals surface area contributed by atoms with Gasteiger partial charge in [0.15, 0.2) is 0 Å². The van der Waals surface area contributed by atoms with Crippen molar-refractivity contribution in [3.63, 3.8) is 0 Å². The lowest BCUT2D eigenvalue weighted by Gasteiger charge is -2.23. The van der Waals surface area contributed by atoms with E-state index in [1.54, 1.807) is 4.90 Å². The number of benzene rings is 1. The quantitative estimate of drug-likeness (QED) is 0.833. The number of anilines is 1. The molecule has 1 aliphatic rings. The number of nitrogens with zero attached hydrogens (tertiary/aromatic N) is 1. The van der Waals surface area contributed by atoms with Crippen molar-refractivity contribution in [1.29, 1.82) is 0 Å². The summed E-state index contributed by atoms with van der Waals surface area (Å²) in [5.74, 6) is 0. The van der Waals surface area contributed by atoms with Crippen LogP contribution in [-0.4, -0.2) is 23.1 Å². The van der Waals surface area contributed by atoms with Crippen LogP contribution in [0.2, 0.25) is 0 Å². The van der Waals surface area contributed by atoms with E-state index in [4.69, 9.17) is 10.5 Å². The van der Waals surface area contributed by atoms with Crippen LogP contribution in [0.4, 0.5) is 10.5 Å². The largest absolute Gasteiger partial charge is 0.447 e. The molecule has 0 unspecified atom stereocenters. The van der Waals surface area contributed by atoms with Crippen LogP contribution in [0.5, 0.6) is 0 Å². The van der Waals surface area contributed by atoms with Gasteiger partial charge in [0, 0.05) is 18.3 Å². The molecule has 1 fully saturated rings. The summed E-state index contributed by atoms with van der Waals surface area (Å²) in [4.78, 5) is 13.8. The van der Waals surface area contributed by atoms with E-state index in [0.717, 1.165) is 24.1 Å².